The van der Waals surface area contributed by atoms with Crippen LogP contribution in [-0.4, -0.2) is 12.3 Å². The van der Waals surface area contributed by atoms with Gasteiger partial charge in [-0.15, -0.1) is 11.3 Å². The second-order valence-electron chi connectivity index (χ2n) is 29.9. The first-order chi connectivity index (χ1) is 41.2. The molecule has 4 saturated carbocycles. The second kappa shape index (κ2) is 17.6. The minimum absolute atomic E-state index is 0.0147. The van der Waals surface area contributed by atoms with Crippen molar-refractivity contribution >= 4 is 111 Å². The number of para-hydroxylation sites is 2. The first kappa shape index (κ1) is 51.2. The van der Waals surface area contributed by atoms with E-state index in [2.05, 4.69) is 233 Å². The first-order valence-electron chi connectivity index (χ1n) is 32.7. The van der Waals surface area contributed by atoms with Crippen LogP contribution < -0.4 is 30.4 Å². The molecule has 3 aliphatic heterocycles. The maximum atomic E-state index is 7.08. The van der Waals surface area contributed by atoms with Crippen molar-refractivity contribution in [2.45, 2.75) is 172 Å². The average molecular weight is 1130 g/mol. The van der Waals surface area contributed by atoms with E-state index in [9.17, 15) is 0 Å². The summed E-state index contributed by atoms with van der Waals surface area (Å²) in [5.41, 5.74) is 27.1. The third-order valence-electron chi connectivity index (χ3n) is 23.8. The SMILES string of the molecule is CC(C)(C)c1ccc(N(c2ccc3c4c2C2(C)CCCCC2(C)N4c2cc(C4CCCCC4)cc4c2B3c2sc3ccc(C(C)(C)C)cc3c2N4c2cccc3c2-c2ccccc2C32C3CCC2CC3)c2cccc3c2oc2ccccc23)cc1. The molecule has 85 heavy (non-hydrogen) atoms. The molecule has 1 spiro atoms. The third kappa shape index (κ3) is 6.66. The second-order valence-corrected chi connectivity index (χ2v) is 31.0. The Morgan fingerprint density at radius 2 is 1.27 bits per heavy atom. The molecule has 0 amide bonds. The summed E-state index contributed by atoms with van der Waals surface area (Å²) in [5, 5.41) is 3.71. The fraction of sp³-hybridized carbons (Fsp3) is 0.367. The minimum Gasteiger partial charge on any atom is -0.454 e. The van der Waals surface area contributed by atoms with Gasteiger partial charge in [0.15, 0.2) is 5.58 Å². The highest BCUT2D eigenvalue weighted by atomic mass is 32.1. The number of hydrogen-bond acceptors (Lipinski definition) is 5. The summed E-state index contributed by atoms with van der Waals surface area (Å²) in [5.74, 6) is 1.90. The zero-order valence-electron chi connectivity index (χ0n) is 51.1. The van der Waals surface area contributed by atoms with E-state index in [0.717, 1.165) is 46.2 Å². The Balaban J connectivity index is 0.955. The van der Waals surface area contributed by atoms with Crippen LogP contribution in [0, 0.1) is 11.8 Å². The molecule has 18 rings (SSSR count). The van der Waals surface area contributed by atoms with Gasteiger partial charge in [-0.3, -0.25) is 0 Å². The topological polar surface area (TPSA) is 22.9 Å². The van der Waals surface area contributed by atoms with Gasteiger partial charge < -0.3 is 19.1 Å². The Kier molecular flexibility index (Phi) is 10.6. The molecule has 0 saturated heterocycles. The standard InChI is InChI=1S/C79H78BN3OS/c1-75(2,3)49-34-37-53(38-35-49)81(63-28-18-24-55-54-22-13-15-29-66(54)84-73(55)63)62-40-39-60-72-69(62)77(7)42-16-17-43-78(77,8)83(72)65-45-48(47-20-10-9-11-21-47)44-64-70(65)80(60)74-71(57-46-52(76(4,5)6)36-41-67(57)85-74)82(64)61-27-19-26-59-68(61)56-23-12-14-25-58(56)79(59)50-30-31-51(79)33-32-50/h12-15,18-19,22-29,34-41,44-47,50-51H,9-11,16-17,20-21,30-33,42-43H2,1-8H3. The van der Waals surface area contributed by atoms with Crippen molar-refractivity contribution in [1.82, 2.24) is 0 Å². The maximum absolute atomic E-state index is 7.08. The van der Waals surface area contributed by atoms with Crippen LogP contribution in [0.25, 0.3) is 43.2 Å². The summed E-state index contributed by atoms with van der Waals surface area (Å²) in [7, 11) is 0. The van der Waals surface area contributed by atoms with E-state index >= 15 is 0 Å². The van der Waals surface area contributed by atoms with Crippen molar-refractivity contribution in [1.29, 1.82) is 0 Å². The van der Waals surface area contributed by atoms with Crippen LogP contribution in [0.2, 0.25) is 0 Å². The monoisotopic (exact) mass is 1130 g/mol. The molecule has 5 aliphatic carbocycles. The smallest absolute Gasteiger partial charge is 0.264 e. The molecule has 0 radical (unpaired) electrons. The van der Waals surface area contributed by atoms with E-state index in [4.69, 9.17) is 4.42 Å². The van der Waals surface area contributed by atoms with E-state index in [1.54, 1.807) is 16.7 Å². The summed E-state index contributed by atoms with van der Waals surface area (Å²) in [4.78, 5) is 8.55. The maximum Gasteiger partial charge on any atom is 0.264 e. The van der Waals surface area contributed by atoms with Gasteiger partial charge >= 0.3 is 0 Å². The molecule has 2 atom stereocenters. The Labute approximate surface area is 507 Å². The van der Waals surface area contributed by atoms with Crippen molar-refractivity contribution < 1.29 is 4.42 Å². The third-order valence-corrected chi connectivity index (χ3v) is 25.1. The number of thiophene rings is 1. The highest BCUT2D eigenvalue weighted by molar-refractivity contribution is 7.33. The van der Waals surface area contributed by atoms with E-state index in [1.807, 2.05) is 0 Å². The largest absolute Gasteiger partial charge is 0.454 e. The molecular formula is C79H78BN3OS. The van der Waals surface area contributed by atoms with E-state index < -0.39 is 0 Å². The van der Waals surface area contributed by atoms with Crippen molar-refractivity contribution in [3.05, 3.63) is 185 Å². The van der Waals surface area contributed by atoms with Crippen LogP contribution in [0.3, 0.4) is 0 Å². The molecule has 0 N–H and O–H groups in total. The number of furan rings is 1. The van der Waals surface area contributed by atoms with Crippen LogP contribution in [0.4, 0.5) is 45.5 Å². The summed E-state index contributed by atoms with van der Waals surface area (Å²) in [6, 6.07) is 60.7. The normalized spacial score (nSPS) is 24.4. The lowest BCUT2D eigenvalue weighted by molar-refractivity contribution is 0.195. The lowest BCUT2D eigenvalue weighted by atomic mass is 9.36. The summed E-state index contributed by atoms with van der Waals surface area (Å²) in [6.45, 7) is 19.6. The van der Waals surface area contributed by atoms with E-state index in [-0.39, 0.29) is 33.9 Å². The molecule has 6 heteroatoms. The quantitative estimate of drug-likeness (QED) is 0.160. The Hall–Kier alpha value is -7.02. The van der Waals surface area contributed by atoms with Gasteiger partial charge in [0.25, 0.3) is 6.71 Å². The molecule has 4 nitrogen and oxygen atoms in total. The predicted octanol–water partition coefficient (Wildman–Crippen LogP) is 20.4. The molecule has 4 fully saturated rings. The zero-order valence-corrected chi connectivity index (χ0v) is 51.9. The Morgan fingerprint density at radius 3 is 2.06 bits per heavy atom. The first-order valence-corrected chi connectivity index (χ1v) is 33.6. The lowest BCUT2D eigenvalue weighted by Crippen LogP contribution is -2.64. The van der Waals surface area contributed by atoms with E-state index in [1.165, 1.54) is 158 Å². The Bertz CT molecular complexity index is 4470. The predicted molar refractivity (Wildman–Crippen MR) is 361 cm³/mol. The highest BCUT2D eigenvalue weighted by Crippen LogP contribution is 2.70. The van der Waals surface area contributed by atoms with Gasteiger partial charge in [-0.25, -0.2) is 0 Å². The molecule has 8 aromatic carbocycles. The number of benzene rings is 8. The van der Waals surface area contributed by atoms with Gasteiger partial charge in [-0.2, -0.15) is 0 Å². The number of hydrogen-bond donors (Lipinski definition) is 0. The number of fused-ring (bicyclic) bond motifs is 15. The molecule has 2 aromatic heterocycles. The number of rotatable bonds is 5. The molecule has 424 valence electrons. The summed E-state index contributed by atoms with van der Waals surface area (Å²) in [6.07, 6.45) is 16.5. The number of anilines is 8. The Morgan fingerprint density at radius 1 is 0.576 bits per heavy atom. The van der Waals surface area contributed by atoms with E-state index in [0.29, 0.717) is 17.8 Å². The highest BCUT2D eigenvalue weighted by Gasteiger charge is 2.64. The molecule has 2 bridgehead atoms. The fourth-order valence-corrected chi connectivity index (χ4v) is 21.0. The van der Waals surface area contributed by atoms with Crippen molar-refractivity contribution in [3.8, 4) is 11.1 Å². The van der Waals surface area contributed by atoms with Gasteiger partial charge in [0.05, 0.1) is 28.3 Å². The fourth-order valence-electron chi connectivity index (χ4n) is 19.7. The van der Waals surface area contributed by atoms with Gasteiger partial charge in [-0.05, 0) is 192 Å². The molecule has 8 aliphatic rings. The zero-order chi connectivity index (χ0) is 57.3. The van der Waals surface area contributed by atoms with Gasteiger partial charge in [0.2, 0.25) is 0 Å². The lowest BCUT2D eigenvalue weighted by Gasteiger charge is -2.53. The number of nitrogens with zero attached hydrogens (tertiary/aromatic N) is 3. The summed E-state index contributed by atoms with van der Waals surface area (Å²) >= 11 is 2.08. The van der Waals surface area contributed by atoms with Crippen LogP contribution in [-0.2, 0) is 21.7 Å². The average Bonchev–Trinajstić information content (AvgIpc) is 1.57. The van der Waals surface area contributed by atoms with Crippen molar-refractivity contribution in [2.24, 2.45) is 11.8 Å². The van der Waals surface area contributed by atoms with Gasteiger partial charge in [0.1, 0.15) is 5.58 Å². The van der Waals surface area contributed by atoms with Crippen LogP contribution in [0.1, 0.15) is 178 Å². The van der Waals surface area contributed by atoms with Crippen molar-refractivity contribution in [2.75, 3.05) is 14.7 Å². The molecular weight excluding hydrogens is 1050 g/mol. The van der Waals surface area contributed by atoms with Gasteiger partial charge in [-0.1, -0.05) is 172 Å². The van der Waals surface area contributed by atoms with Crippen LogP contribution in [0.5, 0.6) is 0 Å². The van der Waals surface area contributed by atoms with Gasteiger partial charge in [0, 0.05) is 70.3 Å². The van der Waals surface area contributed by atoms with Crippen LogP contribution in [0.15, 0.2) is 156 Å². The summed E-state index contributed by atoms with van der Waals surface area (Å²) < 4.78 is 9.95. The minimum atomic E-state index is -0.205. The van der Waals surface area contributed by atoms with Crippen LogP contribution >= 0.6 is 11.3 Å². The molecule has 2 unspecified atom stereocenters. The molecule has 10 aromatic rings. The van der Waals surface area contributed by atoms with Crippen molar-refractivity contribution in [3.63, 3.8) is 0 Å². The molecule has 5 heterocycles.